The summed E-state index contributed by atoms with van der Waals surface area (Å²) in [7, 11) is 0. The van der Waals surface area contributed by atoms with Crippen LogP contribution in [0.1, 0.15) is 32.3 Å². The molecule has 88 valence electrons. The fraction of sp³-hybridized carbons (Fsp3) is 0.600. The molecule has 0 radical (unpaired) electrons. The summed E-state index contributed by atoms with van der Waals surface area (Å²) in [5, 5.41) is 0. The Labute approximate surface area is 99.5 Å². The first-order valence-electron chi connectivity index (χ1n) is 6.59. The van der Waals surface area contributed by atoms with Crippen molar-refractivity contribution >= 4 is 0 Å². The molecule has 0 aliphatic heterocycles. The van der Waals surface area contributed by atoms with Crippen LogP contribution >= 0.6 is 0 Å². The lowest BCUT2D eigenvalue weighted by Gasteiger charge is -2.20. The van der Waals surface area contributed by atoms with Crippen molar-refractivity contribution in [3.63, 3.8) is 0 Å². The minimum atomic E-state index is 0.980. The molecule has 1 aromatic rings. The van der Waals surface area contributed by atoms with Crippen LogP contribution in [0.5, 0.6) is 0 Å². The summed E-state index contributed by atoms with van der Waals surface area (Å²) in [5.41, 5.74) is 1.44. The lowest BCUT2D eigenvalue weighted by molar-refractivity contribution is 0.262. The van der Waals surface area contributed by atoms with Crippen LogP contribution < -0.4 is 0 Å². The van der Waals surface area contributed by atoms with Crippen molar-refractivity contribution in [3.05, 3.63) is 35.9 Å². The van der Waals surface area contributed by atoms with E-state index in [4.69, 9.17) is 0 Å². The quantitative estimate of drug-likeness (QED) is 0.704. The Hall–Kier alpha value is -0.820. The first-order valence-corrected chi connectivity index (χ1v) is 6.59. The predicted molar refractivity (Wildman–Crippen MR) is 69.3 cm³/mol. The Kier molecular flexibility index (Phi) is 4.00. The highest BCUT2D eigenvalue weighted by Gasteiger charge is 2.35. The van der Waals surface area contributed by atoms with Gasteiger partial charge in [-0.15, -0.1) is 0 Å². The van der Waals surface area contributed by atoms with Crippen LogP contribution in [0.3, 0.4) is 0 Å². The summed E-state index contributed by atoms with van der Waals surface area (Å²) in [5.74, 6) is 2.00. The Balaban J connectivity index is 1.82. The summed E-state index contributed by atoms with van der Waals surface area (Å²) in [4.78, 5) is 2.58. The van der Waals surface area contributed by atoms with Gasteiger partial charge in [-0.2, -0.15) is 0 Å². The maximum atomic E-state index is 2.58. The number of hydrogen-bond acceptors (Lipinski definition) is 1. The van der Waals surface area contributed by atoms with E-state index in [2.05, 4.69) is 49.1 Å². The molecule has 0 bridgehead atoms. The Morgan fingerprint density at radius 2 is 1.88 bits per heavy atom. The molecule has 0 spiro atoms. The molecule has 0 heterocycles. The summed E-state index contributed by atoms with van der Waals surface area (Å²) < 4.78 is 0. The molecular formula is C15H23N. The van der Waals surface area contributed by atoms with Crippen LogP contribution in [-0.4, -0.2) is 18.0 Å². The van der Waals surface area contributed by atoms with Gasteiger partial charge in [0.15, 0.2) is 0 Å². The van der Waals surface area contributed by atoms with Gasteiger partial charge in [-0.1, -0.05) is 50.6 Å². The van der Waals surface area contributed by atoms with Crippen molar-refractivity contribution in [2.45, 2.75) is 33.2 Å². The van der Waals surface area contributed by atoms with Crippen LogP contribution in [0.25, 0.3) is 0 Å². The van der Waals surface area contributed by atoms with Crippen LogP contribution in [0.15, 0.2) is 30.3 Å². The van der Waals surface area contributed by atoms with Crippen LogP contribution in [0.2, 0.25) is 0 Å². The van der Waals surface area contributed by atoms with Gasteiger partial charge in [-0.25, -0.2) is 0 Å². The van der Waals surface area contributed by atoms with Crippen LogP contribution in [0.4, 0.5) is 0 Å². The van der Waals surface area contributed by atoms with Crippen molar-refractivity contribution < 1.29 is 0 Å². The van der Waals surface area contributed by atoms with Gasteiger partial charge >= 0.3 is 0 Å². The molecule has 1 aliphatic rings. The maximum absolute atomic E-state index is 2.58. The van der Waals surface area contributed by atoms with Gasteiger partial charge in [0, 0.05) is 13.1 Å². The van der Waals surface area contributed by atoms with Crippen molar-refractivity contribution in [2.24, 2.45) is 11.8 Å². The van der Waals surface area contributed by atoms with E-state index in [0.717, 1.165) is 18.4 Å². The van der Waals surface area contributed by atoms with Gasteiger partial charge in [0.25, 0.3) is 0 Å². The molecule has 1 aromatic carbocycles. The molecule has 0 aromatic heterocycles. The number of hydrogen-bond donors (Lipinski definition) is 0. The second kappa shape index (κ2) is 5.49. The van der Waals surface area contributed by atoms with Crippen molar-refractivity contribution in [1.29, 1.82) is 0 Å². The topological polar surface area (TPSA) is 3.24 Å². The van der Waals surface area contributed by atoms with E-state index in [1.54, 1.807) is 0 Å². The first-order chi connectivity index (χ1) is 7.83. The zero-order valence-corrected chi connectivity index (χ0v) is 10.5. The van der Waals surface area contributed by atoms with Gasteiger partial charge < -0.3 is 0 Å². The third kappa shape index (κ3) is 3.08. The van der Waals surface area contributed by atoms with Gasteiger partial charge in [0.05, 0.1) is 0 Å². The van der Waals surface area contributed by atoms with Gasteiger partial charge in [0.1, 0.15) is 0 Å². The van der Waals surface area contributed by atoms with Gasteiger partial charge in [-0.05, 0) is 30.4 Å². The zero-order chi connectivity index (χ0) is 11.4. The smallest absolute Gasteiger partial charge is 0.0233 e. The van der Waals surface area contributed by atoms with E-state index >= 15 is 0 Å². The highest BCUT2D eigenvalue weighted by molar-refractivity contribution is 5.14. The van der Waals surface area contributed by atoms with E-state index in [1.807, 2.05) is 0 Å². The van der Waals surface area contributed by atoms with E-state index in [-0.39, 0.29) is 0 Å². The molecule has 1 saturated carbocycles. The van der Waals surface area contributed by atoms with E-state index in [1.165, 1.54) is 31.5 Å². The molecule has 2 atom stereocenters. The van der Waals surface area contributed by atoms with Crippen molar-refractivity contribution in [2.75, 3.05) is 13.1 Å². The Bertz CT molecular complexity index is 306. The summed E-state index contributed by atoms with van der Waals surface area (Å²) >= 11 is 0. The van der Waals surface area contributed by atoms with Crippen molar-refractivity contribution in [1.82, 2.24) is 4.90 Å². The molecule has 1 aliphatic carbocycles. The fourth-order valence-corrected chi connectivity index (χ4v) is 2.51. The summed E-state index contributed by atoms with van der Waals surface area (Å²) in [6.07, 6.45) is 2.83. The first kappa shape index (κ1) is 11.7. The molecule has 1 heteroatoms. The molecule has 2 unspecified atom stereocenters. The number of nitrogens with zero attached hydrogens (tertiary/aromatic N) is 1. The normalized spacial score (nSPS) is 23.7. The molecule has 16 heavy (non-hydrogen) atoms. The molecule has 0 N–H and O–H groups in total. The van der Waals surface area contributed by atoms with Crippen molar-refractivity contribution in [3.8, 4) is 0 Å². The average Bonchev–Trinajstić information content (AvgIpc) is 3.08. The average molecular weight is 217 g/mol. The Morgan fingerprint density at radius 3 is 2.44 bits per heavy atom. The molecule has 0 amide bonds. The van der Waals surface area contributed by atoms with Gasteiger partial charge in [-0.3, -0.25) is 4.90 Å². The largest absolute Gasteiger partial charge is 0.299 e. The lowest BCUT2D eigenvalue weighted by Crippen LogP contribution is -2.25. The van der Waals surface area contributed by atoms with Crippen LogP contribution in [0, 0.1) is 11.8 Å². The molecule has 0 saturated heterocycles. The molecule has 1 nitrogen and oxygen atoms in total. The lowest BCUT2D eigenvalue weighted by atomic mass is 10.2. The molecule has 1 fully saturated rings. The maximum Gasteiger partial charge on any atom is 0.0233 e. The minimum Gasteiger partial charge on any atom is -0.299 e. The SMILES string of the molecule is CCC1CC1CN(CC)Cc1ccccc1. The molecule has 2 rings (SSSR count). The third-order valence-electron chi connectivity index (χ3n) is 3.78. The van der Waals surface area contributed by atoms with E-state index in [9.17, 15) is 0 Å². The van der Waals surface area contributed by atoms with E-state index in [0.29, 0.717) is 0 Å². The number of rotatable bonds is 6. The van der Waals surface area contributed by atoms with Gasteiger partial charge in [0.2, 0.25) is 0 Å². The minimum absolute atomic E-state index is 0.980. The molecular weight excluding hydrogens is 194 g/mol. The Morgan fingerprint density at radius 1 is 1.12 bits per heavy atom. The third-order valence-corrected chi connectivity index (χ3v) is 3.78. The highest BCUT2D eigenvalue weighted by Crippen LogP contribution is 2.41. The highest BCUT2D eigenvalue weighted by atomic mass is 15.1. The fourth-order valence-electron chi connectivity index (χ4n) is 2.51. The summed E-state index contributed by atoms with van der Waals surface area (Å²) in [6, 6.07) is 10.8. The second-order valence-electron chi connectivity index (χ2n) is 4.98. The van der Waals surface area contributed by atoms with Crippen LogP contribution in [-0.2, 0) is 6.54 Å². The predicted octanol–water partition coefficient (Wildman–Crippen LogP) is 3.55. The standard InChI is InChI=1S/C15H23N/c1-3-14-10-15(14)12-16(4-2)11-13-8-6-5-7-9-13/h5-9,14-15H,3-4,10-12H2,1-2H3. The number of benzene rings is 1. The monoisotopic (exact) mass is 217 g/mol. The second-order valence-corrected chi connectivity index (χ2v) is 4.98. The van der Waals surface area contributed by atoms with E-state index < -0.39 is 0 Å². The zero-order valence-electron chi connectivity index (χ0n) is 10.5. The summed E-state index contributed by atoms with van der Waals surface area (Å²) in [6.45, 7) is 8.17.